The minimum absolute atomic E-state index is 0.381. The van der Waals surface area contributed by atoms with Gasteiger partial charge in [0, 0.05) is 5.56 Å². The summed E-state index contributed by atoms with van der Waals surface area (Å²) in [4.78, 5) is 0. The molecule has 20 heavy (non-hydrogen) atoms. The third-order valence-corrected chi connectivity index (χ3v) is 2.67. The lowest BCUT2D eigenvalue weighted by Gasteiger charge is -2.35. The van der Waals surface area contributed by atoms with Crippen LogP contribution in [0.3, 0.4) is 0 Å². The maximum Gasteiger partial charge on any atom is 0.432 e. The summed E-state index contributed by atoms with van der Waals surface area (Å²) in [5.41, 5.74) is -6.72. The molecule has 0 bridgehead atoms. The summed E-state index contributed by atoms with van der Waals surface area (Å²) in [5.74, 6) is 0. The Morgan fingerprint density at radius 1 is 0.900 bits per heavy atom. The van der Waals surface area contributed by atoms with E-state index in [2.05, 4.69) is 4.18 Å². The van der Waals surface area contributed by atoms with Gasteiger partial charge in [-0.2, -0.15) is 34.8 Å². The number of rotatable bonds is 3. The van der Waals surface area contributed by atoms with Gasteiger partial charge in [0.05, 0.1) is 0 Å². The quantitative estimate of drug-likeness (QED) is 0.686. The molecule has 11 heteroatoms. The Morgan fingerprint density at radius 3 is 1.60 bits per heavy atom. The van der Waals surface area contributed by atoms with Crippen LogP contribution in [-0.4, -0.2) is 25.3 Å². The first-order valence-electron chi connectivity index (χ1n) is 4.68. The Kier molecular flexibility index (Phi) is 4.09. The van der Waals surface area contributed by atoms with E-state index in [1.807, 2.05) is 0 Å². The SMILES string of the molecule is O=S(=O)(O)OC(c1ccccc1)(C(F)(F)F)C(F)(F)F. The van der Waals surface area contributed by atoms with Crippen molar-refractivity contribution in [3.05, 3.63) is 35.9 Å². The van der Waals surface area contributed by atoms with Crippen molar-refractivity contribution in [2.45, 2.75) is 18.0 Å². The van der Waals surface area contributed by atoms with Crippen LogP contribution in [0.25, 0.3) is 0 Å². The van der Waals surface area contributed by atoms with Crippen molar-refractivity contribution in [3.63, 3.8) is 0 Å². The zero-order chi connectivity index (χ0) is 15.8. The number of alkyl halides is 6. The van der Waals surface area contributed by atoms with Gasteiger partial charge in [-0.05, 0) is 0 Å². The lowest BCUT2D eigenvalue weighted by molar-refractivity contribution is -0.365. The van der Waals surface area contributed by atoms with Crippen LogP contribution in [0.2, 0.25) is 0 Å². The van der Waals surface area contributed by atoms with E-state index in [-0.39, 0.29) is 0 Å². The summed E-state index contributed by atoms with van der Waals surface area (Å²) in [6, 6.07) is 3.54. The molecule has 0 saturated carbocycles. The first-order valence-corrected chi connectivity index (χ1v) is 6.05. The second kappa shape index (κ2) is 4.90. The number of benzene rings is 1. The van der Waals surface area contributed by atoms with E-state index < -0.39 is 33.9 Å². The van der Waals surface area contributed by atoms with Crippen molar-refractivity contribution in [1.82, 2.24) is 0 Å². The fraction of sp³-hybridized carbons (Fsp3) is 0.333. The molecule has 0 saturated heterocycles. The van der Waals surface area contributed by atoms with E-state index in [0.717, 1.165) is 18.2 Å². The molecule has 0 aliphatic carbocycles. The van der Waals surface area contributed by atoms with Gasteiger partial charge in [0.2, 0.25) is 0 Å². The lowest BCUT2D eigenvalue weighted by Crippen LogP contribution is -2.56. The van der Waals surface area contributed by atoms with E-state index in [1.54, 1.807) is 0 Å². The number of halogens is 6. The molecule has 0 atom stereocenters. The maximum absolute atomic E-state index is 12.9. The molecule has 1 N–H and O–H groups in total. The van der Waals surface area contributed by atoms with Crippen molar-refractivity contribution in [3.8, 4) is 0 Å². The topological polar surface area (TPSA) is 63.6 Å². The predicted molar refractivity (Wildman–Crippen MR) is 52.9 cm³/mol. The Bertz CT molecular complexity index is 548. The van der Waals surface area contributed by atoms with Crippen LogP contribution in [0.5, 0.6) is 0 Å². The Balaban J connectivity index is 3.69. The minimum atomic E-state index is -6.18. The fourth-order valence-electron chi connectivity index (χ4n) is 1.46. The predicted octanol–water partition coefficient (Wildman–Crippen LogP) is 2.83. The molecule has 1 aromatic rings. The summed E-state index contributed by atoms with van der Waals surface area (Å²) >= 11 is 0. The minimum Gasteiger partial charge on any atom is -0.263 e. The third-order valence-electron chi connectivity index (χ3n) is 2.21. The van der Waals surface area contributed by atoms with Crippen LogP contribution in [0.4, 0.5) is 26.3 Å². The van der Waals surface area contributed by atoms with E-state index in [9.17, 15) is 34.8 Å². The van der Waals surface area contributed by atoms with Crippen molar-refractivity contribution in [2.75, 3.05) is 0 Å². The van der Waals surface area contributed by atoms with Crippen LogP contribution in [0.1, 0.15) is 5.56 Å². The Morgan fingerprint density at radius 2 is 1.30 bits per heavy atom. The summed E-state index contributed by atoms with van der Waals surface area (Å²) in [7, 11) is -6.04. The maximum atomic E-state index is 12.9. The molecule has 0 aromatic heterocycles. The fourth-order valence-corrected chi connectivity index (χ4v) is 2.06. The molecule has 1 rings (SSSR count). The molecular formula is C9H6F6O4S. The zero-order valence-electron chi connectivity index (χ0n) is 9.23. The molecule has 0 fully saturated rings. The monoisotopic (exact) mass is 324 g/mol. The van der Waals surface area contributed by atoms with Crippen molar-refractivity contribution >= 4 is 10.4 Å². The number of hydrogen-bond donors (Lipinski definition) is 1. The molecule has 1 aromatic carbocycles. The summed E-state index contributed by atoms with van der Waals surface area (Å²) in [5, 5.41) is 0. The van der Waals surface area contributed by atoms with Gasteiger partial charge in [0.1, 0.15) is 0 Å². The van der Waals surface area contributed by atoms with Crippen LogP contribution < -0.4 is 0 Å². The molecule has 0 amide bonds. The van der Waals surface area contributed by atoms with E-state index >= 15 is 0 Å². The highest BCUT2D eigenvalue weighted by Crippen LogP contribution is 2.53. The zero-order valence-corrected chi connectivity index (χ0v) is 10.1. The van der Waals surface area contributed by atoms with Crippen molar-refractivity contribution in [2.24, 2.45) is 0 Å². The van der Waals surface area contributed by atoms with E-state index in [1.165, 1.54) is 0 Å². The van der Waals surface area contributed by atoms with Crippen molar-refractivity contribution in [1.29, 1.82) is 0 Å². The summed E-state index contributed by atoms with van der Waals surface area (Å²) in [6.45, 7) is 0. The highest BCUT2D eigenvalue weighted by molar-refractivity contribution is 7.80. The number of hydrogen-bond acceptors (Lipinski definition) is 3. The molecule has 4 nitrogen and oxygen atoms in total. The first kappa shape index (κ1) is 16.7. The normalized spacial score (nSPS) is 14.3. The smallest absolute Gasteiger partial charge is 0.263 e. The summed E-state index contributed by atoms with van der Waals surface area (Å²) < 4.78 is 109. The van der Waals surface area contributed by atoms with Crippen LogP contribution in [-0.2, 0) is 20.2 Å². The second-order valence-corrected chi connectivity index (χ2v) is 4.58. The van der Waals surface area contributed by atoms with E-state index in [4.69, 9.17) is 4.55 Å². The van der Waals surface area contributed by atoms with Crippen LogP contribution in [0, 0.1) is 0 Å². The Labute approximate surface area is 108 Å². The van der Waals surface area contributed by atoms with Gasteiger partial charge in [0.25, 0.3) is 0 Å². The van der Waals surface area contributed by atoms with Crippen LogP contribution >= 0.6 is 0 Å². The van der Waals surface area contributed by atoms with Gasteiger partial charge >= 0.3 is 28.4 Å². The largest absolute Gasteiger partial charge is 0.432 e. The standard InChI is InChI=1S/C9H6F6O4S/c10-8(11,12)7(9(13,14)15,19-20(16,17)18)6-4-2-1-3-5-6/h1-5H,(H,16,17,18). The molecule has 0 unspecified atom stereocenters. The van der Waals surface area contributed by atoms with Gasteiger partial charge in [-0.1, -0.05) is 30.3 Å². The molecule has 0 aliphatic heterocycles. The average molecular weight is 324 g/mol. The van der Waals surface area contributed by atoms with E-state index in [0.29, 0.717) is 12.1 Å². The van der Waals surface area contributed by atoms with Gasteiger partial charge in [-0.3, -0.25) is 4.55 Å². The van der Waals surface area contributed by atoms with Gasteiger partial charge in [0.15, 0.2) is 0 Å². The Hall–Kier alpha value is -1.33. The molecule has 0 aliphatic rings. The molecular weight excluding hydrogens is 318 g/mol. The molecule has 114 valence electrons. The highest BCUT2D eigenvalue weighted by atomic mass is 32.3. The lowest BCUT2D eigenvalue weighted by atomic mass is 9.92. The van der Waals surface area contributed by atoms with Crippen molar-refractivity contribution < 1.29 is 43.5 Å². The van der Waals surface area contributed by atoms with Gasteiger partial charge < -0.3 is 0 Å². The van der Waals surface area contributed by atoms with Gasteiger partial charge in [-0.15, -0.1) is 0 Å². The van der Waals surface area contributed by atoms with Gasteiger partial charge in [-0.25, -0.2) is 4.18 Å². The highest BCUT2D eigenvalue weighted by Gasteiger charge is 2.75. The molecule has 0 spiro atoms. The molecule has 0 heterocycles. The summed E-state index contributed by atoms with van der Waals surface area (Å²) in [6.07, 6.45) is -12.4. The average Bonchev–Trinajstić information content (AvgIpc) is 2.22. The third kappa shape index (κ3) is 3.04. The first-order chi connectivity index (χ1) is 8.81. The van der Waals surface area contributed by atoms with Crippen LogP contribution in [0.15, 0.2) is 30.3 Å². The second-order valence-electron chi connectivity index (χ2n) is 3.55. The molecule has 0 radical (unpaired) electrons.